The lowest BCUT2D eigenvalue weighted by atomic mass is 9.75. The second-order valence-electron chi connectivity index (χ2n) is 8.94. The van der Waals surface area contributed by atoms with Crippen LogP contribution in [-0.4, -0.2) is 20.2 Å². The van der Waals surface area contributed by atoms with Gasteiger partial charge in [0.1, 0.15) is 0 Å². The van der Waals surface area contributed by atoms with E-state index >= 15 is 0 Å². The molecular formula is C26H25N3O. The van der Waals surface area contributed by atoms with Crippen molar-refractivity contribution in [1.29, 1.82) is 0 Å². The Balaban J connectivity index is 1.27. The maximum atomic E-state index is 13.7. The summed E-state index contributed by atoms with van der Waals surface area (Å²) in [6.07, 6.45) is 14.0. The van der Waals surface area contributed by atoms with Crippen LogP contribution in [-0.2, 0) is 0 Å². The minimum atomic E-state index is 0.118. The molecule has 0 radical (unpaired) electrons. The van der Waals surface area contributed by atoms with E-state index in [0.717, 1.165) is 42.3 Å². The monoisotopic (exact) mass is 395 g/mol. The molecule has 0 bridgehead atoms. The molecule has 0 aliphatic heterocycles. The molecule has 2 aliphatic rings. The third-order valence-corrected chi connectivity index (χ3v) is 7.11. The molecule has 6 rings (SSSR count). The molecule has 0 N–H and O–H groups in total. The summed E-state index contributed by atoms with van der Waals surface area (Å²) >= 11 is 0. The van der Waals surface area contributed by atoms with Crippen LogP contribution in [0, 0.1) is 5.92 Å². The molecule has 4 aromatic rings. The molecule has 1 aromatic carbocycles. The topological polar surface area (TPSA) is 47.3 Å². The number of fused-ring (bicyclic) bond motifs is 2. The number of pyridine rings is 2. The third-order valence-electron chi connectivity index (χ3n) is 7.11. The third kappa shape index (κ3) is 2.94. The van der Waals surface area contributed by atoms with Crippen molar-refractivity contribution in [3.8, 4) is 0 Å². The van der Waals surface area contributed by atoms with Crippen LogP contribution in [0.1, 0.15) is 71.8 Å². The van der Waals surface area contributed by atoms with E-state index in [1.807, 2.05) is 22.9 Å². The average Bonchev–Trinajstić information content (AvgIpc) is 3.54. The van der Waals surface area contributed by atoms with Gasteiger partial charge >= 0.3 is 0 Å². The first-order valence-electron chi connectivity index (χ1n) is 11.1. The van der Waals surface area contributed by atoms with Crippen molar-refractivity contribution in [2.24, 2.45) is 5.92 Å². The predicted octanol–water partition coefficient (Wildman–Crippen LogP) is 5.92. The van der Waals surface area contributed by atoms with E-state index in [1.165, 1.54) is 29.4 Å². The molecule has 0 saturated heterocycles. The Hall–Kier alpha value is -3.01. The Bertz CT molecular complexity index is 1240. The first-order valence-corrected chi connectivity index (χ1v) is 11.1. The Morgan fingerprint density at radius 1 is 0.900 bits per heavy atom. The Kier molecular flexibility index (Phi) is 4.19. The van der Waals surface area contributed by atoms with Crippen LogP contribution in [0.25, 0.3) is 16.4 Å². The van der Waals surface area contributed by atoms with E-state index in [9.17, 15) is 4.79 Å². The average molecular weight is 396 g/mol. The standard InChI is InChI=1S/C26H25N3O/c30-26(25-21(18-6-7-18)12-14-29-16-27-15-24(25)29)19-10-8-17(9-11-19)20-3-1-5-23-22(20)4-2-13-28-23/h1-5,12-19H,6-11H2. The molecule has 2 aliphatic carbocycles. The lowest BCUT2D eigenvalue weighted by Crippen LogP contribution is -2.23. The molecule has 2 saturated carbocycles. The number of imidazole rings is 1. The molecule has 3 aromatic heterocycles. The van der Waals surface area contributed by atoms with E-state index in [1.54, 1.807) is 6.33 Å². The molecular weight excluding hydrogens is 370 g/mol. The summed E-state index contributed by atoms with van der Waals surface area (Å²) in [6.45, 7) is 0. The van der Waals surface area contributed by atoms with Gasteiger partial charge in [-0.3, -0.25) is 9.78 Å². The number of aromatic nitrogens is 3. The van der Waals surface area contributed by atoms with E-state index in [2.05, 4.69) is 46.5 Å². The molecule has 4 heteroatoms. The first kappa shape index (κ1) is 17.8. The maximum absolute atomic E-state index is 13.7. The van der Waals surface area contributed by atoms with Gasteiger partial charge < -0.3 is 4.40 Å². The van der Waals surface area contributed by atoms with Gasteiger partial charge in [-0.1, -0.05) is 18.2 Å². The molecule has 150 valence electrons. The minimum Gasteiger partial charge on any atom is -0.306 e. The van der Waals surface area contributed by atoms with Crippen LogP contribution in [0.3, 0.4) is 0 Å². The number of Topliss-reactive ketones (excluding diaryl/α,β-unsaturated/α-hetero) is 1. The van der Waals surface area contributed by atoms with Gasteiger partial charge in [0.25, 0.3) is 0 Å². The second-order valence-corrected chi connectivity index (χ2v) is 8.94. The number of carbonyl (C=O) groups excluding carboxylic acids is 1. The van der Waals surface area contributed by atoms with Crippen molar-refractivity contribution in [1.82, 2.24) is 14.4 Å². The molecule has 2 fully saturated rings. The fourth-order valence-corrected chi connectivity index (χ4v) is 5.37. The molecule has 0 unspecified atom stereocenters. The first-order chi connectivity index (χ1) is 14.8. The van der Waals surface area contributed by atoms with E-state index in [-0.39, 0.29) is 5.92 Å². The van der Waals surface area contributed by atoms with Gasteiger partial charge in [-0.25, -0.2) is 4.98 Å². The predicted molar refractivity (Wildman–Crippen MR) is 118 cm³/mol. The fourth-order valence-electron chi connectivity index (χ4n) is 5.37. The van der Waals surface area contributed by atoms with Gasteiger partial charge in [0.2, 0.25) is 0 Å². The Morgan fingerprint density at radius 2 is 1.70 bits per heavy atom. The molecule has 0 atom stereocenters. The molecule has 0 spiro atoms. The Morgan fingerprint density at radius 3 is 2.53 bits per heavy atom. The smallest absolute Gasteiger partial charge is 0.168 e. The lowest BCUT2D eigenvalue weighted by molar-refractivity contribution is 0.0884. The number of hydrogen-bond acceptors (Lipinski definition) is 3. The minimum absolute atomic E-state index is 0.118. The largest absolute Gasteiger partial charge is 0.306 e. The summed E-state index contributed by atoms with van der Waals surface area (Å²) in [4.78, 5) is 22.5. The number of ketones is 1. The van der Waals surface area contributed by atoms with E-state index < -0.39 is 0 Å². The maximum Gasteiger partial charge on any atom is 0.168 e. The number of benzene rings is 1. The Labute approximate surface area is 176 Å². The van der Waals surface area contributed by atoms with Crippen LogP contribution < -0.4 is 0 Å². The van der Waals surface area contributed by atoms with Gasteiger partial charge in [-0.05, 0) is 79.7 Å². The number of nitrogens with zero attached hydrogens (tertiary/aromatic N) is 3. The highest BCUT2D eigenvalue weighted by molar-refractivity contribution is 6.05. The van der Waals surface area contributed by atoms with Gasteiger partial charge in [-0.15, -0.1) is 0 Å². The number of carbonyl (C=O) groups is 1. The van der Waals surface area contributed by atoms with E-state index in [0.29, 0.717) is 17.6 Å². The highest BCUT2D eigenvalue weighted by Crippen LogP contribution is 2.45. The zero-order valence-corrected chi connectivity index (χ0v) is 17.0. The van der Waals surface area contributed by atoms with Crippen LogP contribution >= 0.6 is 0 Å². The number of hydrogen-bond donors (Lipinski definition) is 0. The van der Waals surface area contributed by atoms with Gasteiger partial charge in [0.05, 0.1) is 23.6 Å². The zero-order chi connectivity index (χ0) is 20.1. The summed E-state index contributed by atoms with van der Waals surface area (Å²) in [6, 6.07) is 12.8. The SMILES string of the molecule is O=C(c1c(C2CC2)ccn2cncc12)C1CCC(c2cccc3ncccc23)CC1. The van der Waals surface area contributed by atoms with Crippen molar-refractivity contribution in [3.63, 3.8) is 0 Å². The quantitative estimate of drug-likeness (QED) is 0.403. The van der Waals surface area contributed by atoms with Gasteiger partial charge in [0, 0.05) is 29.3 Å². The van der Waals surface area contributed by atoms with Gasteiger partial charge in [0.15, 0.2) is 5.78 Å². The molecule has 0 amide bonds. The van der Waals surface area contributed by atoms with Gasteiger partial charge in [-0.2, -0.15) is 0 Å². The molecule has 4 nitrogen and oxygen atoms in total. The summed E-state index contributed by atoms with van der Waals surface area (Å²) < 4.78 is 1.99. The van der Waals surface area contributed by atoms with Crippen molar-refractivity contribution in [3.05, 3.63) is 78.0 Å². The summed E-state index contributed by atoms with van der Waals surface area (Å²) in [5, 5.41) is 1.26. The number of rotatable bonds is 4. The molecule has 3 heterocycles. The van der Waals surface area contributed by atoms with Crippen molar-refractivity contribution >= 4 is 22.2 Å². The van der Waals surface area contributed by atoms with Crippen LogP contribution in [0.5, 0.6) is 0 Å². The van der Waals surface area contributed by atoms with E-state index in [4.69, 9.17) is 0 Å². The lowest BCUT2D eigenvalue weighted by Gasteiger charge is -2.29. The van der Waals surface area contributed by atoms with Crippen molar-refractivity contribution in [2.45, 2.75) is 50.4 Å². The fraction of sp³-hybridized carbons (Fsp3) is 0.346. The zero-order valence-electron chi connectivity index (χ0n) is 17.0. The van der Waals surface area contributed by atoms with Crippen molar-refractivity contribution in [2.75, 3.05) is 0 Å². The van der Waals surface area contributed by atoms with Crippen molar-refractivity contribution < 1.29 is 4.79 Å². The second kappa shape index (κ2) is 7.05. The summed E-state index contributed by atoms with van der Waals surface area (Å²) in [5.74, 6) is 1.52. The van der Waals surface area contributed by atoms with Crippen LogP contribution in [0.15, 0.2) is 61.3 Å². The van der Waals surface area contributed by atoms with Crippen LogP contribution in [0.4, 0.5) is 0 Å². The summed E-state index contributed by atoms with van der Waals surface area (Å²) in [5.41, 5.74) is 5.62. The van der Waals surface area contributed by atoms with Crippen LogP contribution in [0.2, 0.25) is 0 Å². The highest BCUT2D eigenvalue weighted by Gasteiger charge is 2.34. The molecule has 30 heavy (non-hydrogen) atoms. The normalized spacial score (nSPS) is 21.9. The highest BCUT2D eigenvalue weighted by atomic mass is 16.1. The summed E-state index contributed by atoms with van der Waals surface area (Å²) in [7, 11) is 0.